The topological polar surface area (TPSA) is 35.5 Å². The van der Waals surface area contributed by atoms with Gasteiger partial charge in [0.1, 0.15) is 6.10 Å². The van der Waals surface area contributed by atoms with Gasteiger partial charge in [-0.15, -0.1) is 0 Å². The first-order valence-electron chi connectivity index (χ1n) is 5.20. The molecule has 3 nitrogen and oxygen atoms in total. The fourth-order valence-electron chi connectivity index (χ4n) is 1.25. The quantitative estimate of drug-likeness (QED) is 0.724. The minimum atomic E-state index is -0.432. The lowest BCUT2D eigenvalue weighted by atomic mass is 10.2. The smallest absolute Gasteiger partial charge is 0.309 e. The van der Waals surface area contributed by atoms with Gasteiger partial charge in [-0.3, -0.25) is 4.79 Å². The van der Waals surface area contributed by atoms with Crippen LogP contribution >= 0.6 is 0 Å². The molecule has 0 radical (unpaired) electrons. The number of hydrogen-bond acceptors (Lipinski definition) is 3. The van der Waals surface area contributed by atoms with Gasteiger partial charge in [0, 0.05) is 0 Å². The lowest BCUT2D eigenvalue weighted by Gasteiger charge is -2.14. The van der Waals surface area contributed by atoms with Crippen molar-refractivity contribution in [1.82, 2.24) is 0 Å². The zero-order chi connectivity index (χ0) is 12.0. The van der Waals surface area contributed by atoms with Gasteiger partial charge in [0.05, 0.1) is 13.0 Å². The van der Waals surface area contributed by atoms with Crippen molar-refractivity contribution in [3.05, 3.63) is 30.1 Å². The number of ether oxygens (including phenoxy) is 2. The molecular weight excluding hydrogens is 211 g/mol. The second-order valence-electron chi connectivity index (χ2n) is 3.37. The molecule has 16 heavy (non-hydrogen) atoms. The number of carbonyl (C=O) groups excluding carboxylic acids is 1. The van der Waals surface area contributed by atoms with E-state index in [9.17, 15) is 9.18 Å². The van der Waals surface area contributed by atoms with Crippen LogP contribution in [0.2, 0.25) is 0 Å². The molecule has 1 aromatic carbocycles. The minimum Gasteiger partial charge on any atom is -0.487 e. The third-order valence-electron chi connectivity index (χ3n) is 1.92. The van der Waals surface area contributed by atoms with Crippen LogP contribution in [-0.4, -0.2) is 18.7 Å². The largest absolute Gasteiger partial charge is 0.487 e. The molecule has 0 heterocycles. The summed E-state index contributed by atoms with van der Waals surface area (Å²) in [5.41, 5.74) is 0. The van der Waals surface area contributed by atoms with Crippen molar-refractivity contribution in [2.75, 3.05) is 6.61 Å². The Bertz CT molecular complexity index is 352. The van der Waals surface area contributed by atoms with Crippen LogP contribution in [0, 0.1) is 5.82 Å². The first kappa shape index (κ1) is 12.5. The summed E-state index contributed by atoms with van der Waals surface area (Å²) >= 11 is 0. The van der Waals surface area contributed by atoms with Crippen molar-refractivity contribution in [1.29, 1.82) is 0 Å². The van der Waals surface area contributed by atoms with Crippen LogP contribution in [0.25, 0.3) is 0 Å². The van der Waals surface area contributed by atoms with E-state index in [1.807, 2.05) is 0 Å². The summed E-state index contributed by atoms with van der Waals surface area (Å²) < 4.78 is 23.2. The molecule has 0 aliphatic heterocycles. The lowest BCUT2D eigenvalue weighted by molar-refractivity contribution is -0.144. The van der Waals surface area contributed by atoms with Crippen LogP contribution in [0.4, 0.5) is 4.39 Å². The van der Waals surface area contributed by atoms with Gasteiger partial charge in [0.2, 0.25) is 0 Å². The van der Waals surface area contributed by atoms with Gasteiger partial charge in [-0.25, -0.2) is 4.39 Å². The summed E-state index contributed by atoms with van der Waals surface area (Å²) in [6, 6.07) is 6.09. The molecule has 0 N–H and O–H groups in total. The van der Waals surface area contributed by atoms with Gasteiger partial charge >= 0.3 is 5.97 Å². The summed E-state index contributed by atoms with van der Waals surface area (Å²) in [4.78, 5) is 11.1. The Morgan fingerprint density at radius 2 is 2.12 bits per heavy atom. The van der Waals surface area contributed by atoms with Crippen molar-refractivity contribution in [2.24, 2.45) is 0 Å². The second kappa shape index (κ2) is 6.10. The van der Waals surface area contributed by atoms with Crippen LogP contribution in [0.1, 0.15) is 20.3 Å². The molecule has 0 aliphatic carbocycles. The van der Waals surface area contributed by atoms with Crippen molar-refractivity contribution < 1.29 is 18.7 Å². The highest BCUT2D eigenvalue weighted by Gasteiger charge is 2.12. The van der Waals surface area contributed by atoms with Crippen molar-refractivity contribution in [2.45, 2.75) is 26.4 Å². The summed E-state index contributed by atoms with van der Waals surface area (Å²) in [5.74, 6) is -0.621. The Morgan fingerprint density at radius 1 is 1.44 bits per heavy atom. The highest BCUT2D eigenvalue weighted by Crippen LogP contribution is 2.17. The Balaban J connectivity index is 2.48. The molecule has 0 amide bonds. The first-order chi connectivity index (χ1) is 7.63. The molecule has 1 unspecified atom stereocenters. The zero-order valence-electron chi connectivity index (χ0n) is 9.40. The Labute approximate surface area is 94.2 Å². The molecule has 88 valence electrons. The summed E-state index contributed by atoms with van der Waals surface area (Å²) in [7, 11) is 0. The van der Waals surface area contributed by atoms with Gasteiger partial charge in [-0.2, -0.15) is 0 Å². The maximum Gasteiger partial charge on any atom is 0.309 e. The molecule has 0 fully saturated rings. The molecule has 0 aliphatic rings. The molecule has 1 aromatic rings. The van der Waals surface area contributed by atoms with Crippen LogP contribution < -0.4 is 4.74 Å². The van der Waals surface area contributed by atoms with Crippen LogP contribution in [0.5, 0.6) is 5.75 Å². The molecular formula is C12H15FO3. The predicted octanol–water partition coefficient (Wildman–Crippen LogP) is 2.55. The molecule has 0 bridgehead atoms. The highest BCUT2D eigenvalue weighted by atomic mass is 19.1. The van der Waals surface area contributed by atoms with E-state index in [1.165, 1.54) is 12.1 Å². The average Bonchev–Trinajstić information content (AvgIpc) is 2.21. The maximum atomic E-state index is 13.2. The predicted molar refractivity (Wildman–Crippen MR) is 57.7 cm³/mol. The molecule has 0 saturated heterocycles. The fourth-order valence-corrected chi connectivity index (χ4v) is 1.25. The number of rotatable bonds is 5. The van der Waals surface area contributed by atoms with Gasteiger partial charge in [0.25, 0.3) is 0 Å². The molecule has 1 atom stereocenters. The Morgan fingerprint density at radius 3 is 2.75 bits per heavy atom. The number of hydrogen-bond donors (Lipinski definition) is 0. The van der Waals surface area contributed by atoms with E-state index in [0.717, 1.165) is 0 Å². The Kier molecular flexibility index (Phi) is 4.76. The zero-order valence-corrected chi connectivity index (χ0v) is 9.40. The molecule has 1 rings (SSSR count). The van der Waals surface area contributed by atoms with Crippen molar-refractivity contribution in [3.63, 3.8) is 0 Å². The van der Waals surface area contributed by atoms with E-state index in [-0.39, 0.29) is 18.1 Å². The monoisotopic (exact) mass is 226 g/mol. The van der Waals surface area contributed by atoms with E-state index in [1.54, 1.807) is 26.0 Å². The normalized spacial score (nSPS) is 11.9. The van der Waals surface area contributed by atoms with Crippen LogP contribution in [-0.2, 0) is 9.53 Å². The number of para-hydroxylation sites is 1. The third-order valence-corrected chi connectivity index (χ3v) is 1.92. The summed E-state index contributed by atoms with van der Waals surface area (Å²) in [5, 5.41) is 0. The molecule has 0 spiro atoms. The maximum absolute atomic E-state index is 13.2. The Hall–Kier alpha value is -1.58. The fraction of sp³-hybridized carbons (Fsp3) is 0.417. The molecule has 0 saturated carbocycles. The van der Waals surface area contributed by atoms with Gasteiger partial charge < -0.3 is 9.47 Å². The number of benzene rings is 1. The van der Waals surface area contributed by atoms with Crippen molar-refractivity contribution in [3.8, 4) is 5.75 Å². The van der Waals surface area contributed by atoms with Crippen LogP contribution in [0.15, 0.2) is 24.3 Å². The van der Waals surface area contributed by atoms with Gasteiger partial charge in [-0.1, -0.05) is 12.1 Å². The highest BCUT2D eigenvalue weighted by molar-refractivity contribution is 5.69. The van der Waals surface area contributed by atoms with Crippen molar-refractivity contribution >= 4 is 5.97 Å². The number of halogens is 1. The molecule has 0 aromatic heterocycles. The van der Waals surface area contributed by atoms with E-state index in [0.29, 0.717) is 6.61 Å². The average molecular weight is 226 g/mol. The van der Waals surface area contributed by atoms with Gasteiger partial charge in [-0.05, 0) is 26.0 Å². The minimum absolute atomic E-state index is 0.113. The lowest BCUT2D eigenvalue weighted by Crippen LogP contribution is -2.19. The van der Waals surface area contributed by atoms with Crippen LogP contribution in [0.3, 0.4) is 0 Å². The van der Waals surface area contributed by atoms with E-state index in [2.05, 4.69) is 0 Å². The third kappa shape index (κ3) is 3.88. The first-order valence-corrected chi connectivity index (χ1v) is 5.20. The standard InChI is InChI=1S/C12H15FO3/c1-3-15-12(14)8-9(2)16-11-7-5-4-6-10(11)13/h4-7,9H,3,8H2,1-2H3. The van der Waals surface area contributed by atoms with Gasteiger partial charge in [0.15, 0.2) is 11.6 Å². The summed E-state index contributed by atoms with van der Waals surface area (Å²) in [6.45, 7) is 3.77. The number of esters is 1. The van der Waals surface area contributed by atoms with E-state index in [4.69, 9.17) is 9.47 Å². The second-order valence-corrected chi connectivity index (χ2v) is 3.37. The SMILES string of the molecule is CCOC(=O)CC(C)Oc1ccccc1F. The molecule has 4 heteroatoms. The number of carbonyl (C=O) groups is 1. The summed E-state index contributed by atoms with van der Waals surface area (Å²) in [6.07, 6.45) is -0.293. The van der Waals surface area contributed by atoms with E-state index >= 15 is 0 Å². The van der Waals surface area contributed by atoms with E-state index < -0.39 is 11.9 Å².